The molecule has 0 aromatic carbocycles. The Kier molecular flexibility index (Phi) is 5.86. The lowest BCUT2D eigenvalue weighted by molar-refractivity contribution is -0.122. The van der Waals surface area contributed by atoms with Crippen LogP contribution in [0.2, 0.25) is 0 Å². The van der Waals surface area contributed by atoms with Crippen molar-refractivity contribution in [2.75, 3.05) is 12.9 Å². The molecular weight excluding hydrogens is 213 g/mol. The van der Waals surface area contributed by atoms with E-state index in [4.69, 9.17) is 21.4 Å². The maximum atomic E-state index is 11.0. The Morgan fingerprint density at radius 2 is 2.14 bits per heavy atom. The third-order valence-corrected chi connectivity index (χ3v) is 1.91. The van der Waals surface area contributed by atoms with Gasteiger partial charge in [-0.15, -0.1) is 0 Å². The van der Waals surface area contributed by atoms with Gasteiger partial charge in [0, 0.05) is 0 Å². The number of nitrogens with two attached hydrogens (primary N) is 2. The van der Waals surface area contributed by atoms with Gasteiger partial charge < -0.3 is 25.7 Å². The zero-order valence-electron chi connectivity index (χ0n) is 7.42. The van der Waals surface area contributed by atoms with Crippen LogP contribution in [0.1, 0.15) is 6.42 Å². The SMILES string of the molecule is NOCC[C@H](N)C(=O)NCP(=O)(O)O. The molecule has 9 heteroatoms. The minimum absolute atomic E-state index is 0.102. The highest BCUT2D eigenvalue weighted by atomic mass is 31.2. The molecule has 0 aliphatic heterocycles. The molecule has 14 heavy (non-hydrogen) atoms. The van der Waals surface area contributed by atoms with Gasteiger partial charge in [0.2, 0.25) is 5.91 Å². The predicted molar refractivity (Wildman–Crippen MR) is 47.8 cm³/mol. The van der Waals surface area contributed by atoms with E-state index in [0.717, 1.165) is 0 Å². The van der Waals surface area contributed by atoms with Crippen LogP contribution in [0.25, 0.3) is 0 Å². The van der Waals surface area contributed by atoms with E-state index in [9.17, 15) is 9.36 Å². The largest absolute Gasteiger partial charge is 0.344 e. The van der Waals surface area contributed by atoms with E-state index in [1.54, 1.807) is 0 Å². The molecular formula is C5H14N3O5P. The molecule has 1 atom stereocenters. The van der Waals surface area contributed by atoms with Crippen molar-refractivity contribution in [2.24, 2.45) is 11.6 Å². The molecule has 84 valence electrons. The maximum Gasteiger partial charge on any atom is 0.344 e. The van der Waals surface area contributed by atoms with E-state index in [1.165, 1.54) is 0 Å². The molecule has 0 rings (SSSR count). The number of amides is 1. The van der Waals surface area contributed by atoms with Gasteiger partial charge in [0.15, 0.2) is 0 Å². The number of rotatable bonds is 6. The van der Waals surface area contributed by atoms with Gasteiger partial charge >= 0.3 is 7.60 Å². The minimum Gasteiger partial charge on any atom is -0.343 e. The van der Waals surface area contributed by atoms with Crippen molar-refractivity contribution in [3.05, 3.63) is 0 Å². The number of nitrogens with one attached hydrogen (secondary N) is 1. The molecule has 0 bridgehead atoms. The summed E-state index contributed by atoms with van der Waals surface area (Å²) in [5, 5.41) is 2.01. The van der Waals surface area contributed by atoms with E-state index < -0.39 is 25.8 Å². The van der Waals surface area contributed by atoms with Gasteiger partial charge in [-0.3, -0.25) is 9.36 Å². The van der Waals surface area contributed by atoms with Gasteiger partial charge in [-0.25, -0.2) is 5.90 Å². The summed E-state index contributed by atoms with van der Waals surface area (Å²) in [4.78, 5) is 32.1. The van der Waals surface area contributed by atoms with Crippen LogP contribution in [0.5, 0.6) is 0 Å². The topological polar surface area (TPSA) is 148 Å². The van der Waals surface area contributed by atoms with Crippen molar-refractivity contribution in [3.63, 3.8) is 0 Å². The van der Waals surface area contributed by atoms with Crippen LogP contribution in [0.15, 0.2) is 0 Å². The molecule has 0 unspecified atom stereocenters. The Hall–Kier alpha value is -0.500. The first-order chi connectivity index (χ1) is 6.37. The van der Waals surface area contributed by atoms with Gasteiger partial charge in [0.05, 0.1) is 12.6 Å². The van der Waals surface area contributed by atoms with Crippen LogP contribution in [0.4, 0.5) is 0 Å². The second kappa shape index (κ2) is 6.07. The summed E-state index contributed by atoms with van der Waals surface area (Å²) < 4.78 is 10.4. The molecule has 0 spiro atoms. The molecule has 1 amide bonds. The van der Waals surface area contributed by atoms with Gasteiger partial charge in [0.1, 0.15) is 6.29 Å². The Balaban J connectivity index is 3.79. The smallest absolute Gasteiger partial charge is 0.343 e. The third-order valence-electron chi connectivity index (χ3n) is 1.34. The van der Waals surface area contributed by atoms with E-state index in [2.05, 4.69) is 4.84 Å². The van der Waals surface area contributed by atoms with Gasteiger partial charge in [0.25, 0.3) is 0 Å². The Morgan fingerprint density at radius 3 is 2.57 bits per heavy atom. The van der Waals surface area contributed by atoms with Crippen molar-refractivity contribution in [1.29, 1.82) is 0 Å². The summed E-state index contributed by atoms with van der Waals surface area (Å²) in [6.45, 7) is 0.102. The molecule has 0 fully saturated rings. The summed E-state index contributed by atoms with van der Waals surface area (Å²) in [7, 11) is -4.23. The van der Waals surface area contributed by atoms with Crippen molar-refractivity contribution >= 4 is 13.5 Å². The minimum atomic E-state index is -4.23. The van der Waals surface area contributed by atoms with Gasteiger partial charge in [-0.05, 0) is 6.42 Å². The molecule has 0 aromatic rings. The fourth-order valence-corrected chi connectivity index (χ4v) is 1.000. The lowest BCUT2D eigenvalue weighted by Gasteiger charge is -2.11. The standard InChI is InChI=1S/C5H14N3O5P/c6-4(1-2-13-7)5(9)8-3-14(10,11)12/h4H,1-3,6-7H2,(H,8,9)(H2,10,11,12)/t4-/m0/s1. The summed E-state index contributed by atoms with van der Waals surface area (Å²) in [6, 6.07) is -0.884. The molecule has 0 saturated carbocycles. The molecule has 7 N–H and O–H groups in total. The number of carbonyl (C=O) groups is 1. The molecule has 0 aromatic heterocycles. The van der Waals surface area contributed by atoms with Crippen LogP contribution < -0.4 is 16.9 Å². The van der Waals surface area contributed by atoms with E-state index >= 15 is 0 Å². The Labute approximate surface area is 80.7 Å². The zero-order chi connectivity index (χ0) is 11.2. The number of carbonyl (C=O) groups excluding carboxylic acids is 1. The van der Waals surface area contributed by atoms with Gasteiger partial charge in [-0.2, -0.15) is 0 Å². The number of hydrogen-bond acceptors (Lipinski definition) is 5. The van der Waals surface area contributed by atoms with Crippen molar-refractivity contribution in [3.8, 4) is 0 Å². The van der Waals surface area contributed by atoms with Gasteiger partial charge in [-0.1, -0.05) is 0 Å². The molecule has 0 radical (unpaired) electrons. The zero-order valence-corrected chi connectivity index (χ0v) is 8.31. The normalized spacial score (nSPS) is 13.7. The average molecular weight is 227 g/mol. The van der Waals surface area contributed by atoms with E-state index in [0.29, 0.717) is 0 Å². The summed E-state index contributed by atoms with van der Waals surface area (Å²) in [5.74, 6) is 4.06. The van der Waals surface area contributed by atoms with Crippen LogP contribution in [-0.4, -0.2) is 34.6 Å². The fraction of sp³-hybridized carbons (Fsp3) is 0.800. The lowest BCUT2D eigenvalue weighted by atomic mass is 10.2. The van der Waals surface area contributed by atoms with Crippen LogP contribution >= 0.6 is 7.60 Å². The van der Waals surface area contributed by atoms with E-state index in [1.807, 2.05) is 5.32 Å². The Bertz CT molecular complexity index is 229. The van der Waals surface area contributed by atoms with Crippen LogP contribution in [0.3, 0.4) is 0 Å². The molecule has 0 aliphatic rings. The second-order valence-corrected chi connectivity index (χ2v) is 4.28. The van der Waals surface area contributed by atoms with Crippen molar-refractivity contribution in [1.82, 2.24) is 5.32 Å². The first-order valence-electron chi connectivity index (χ1n) is 3.76. The highest BCUT2D eigenvalue weighted by Crippen LogP contribution is 2.31. The number of hydrogen-bond donors (Lipinski definition) is 5. The maximum absolute atomic E-state index is 11.0. The highest BCUT2D eigenvalue weighted by molar-refractivity contribution is 7.51. The third kappa shape index (κ3) is 6.96. The summed E-state index contributed by atoms with van der Waals surface area (Å²) >= 11 is 0. The average Bonchev–Trinajstić information content (AvgIpc) is 2.09. The Morgan fingerprint density at radius 1 is 1.57 bits per heavy atom. The predicted octanol–water partition coefficient (Wildman–Crippen LogP) is -2.15. The lowest BCUT2D eigenvalue weighted by Crippen LogP contribution is -2.41. The highest BCUT2D eigenvalue weighted by Gasteiger charge is 2.18. The molecule has 0 heterocycles. The van der Waals surface area contributed by atoms with E-state index in [-0.39, 0.29) is 13.0 Å². The quantitative estimate of drug-likeness (QED) is 0.256. The van der Waals surface area contributed by atoms with Crippen LogP contribution in [0, 0.1) is 0 Å². The second-order valence-electron chi connectivity index (χ2n) is 2.63. The summed E-state index contributed by atoms with van der Waals surface area (Å²) in [5.41, 5.74) is 5.33. The monoisotopic (exact) mass is 227 g/mol. The van der Waals surface area contributed by atoms with Crippen molar-refractivity contribution in [2.45, 2.75) is 12.5 Å². The molecule has 0 aliphatic carbocycles. The first-order valence-corrected chi connectivity index (χ1v) is 5.56. The molecule has 0 saturated heterocycles. The molecule has 8 nitrogen and oxygen atoms in total. The van der Waals surface area contributed by atoms with Crippen molar-refractivity contribution < 1.29 is 24.0 Å². The summed E-state index contributed by atoms with van der Waals surface area (Å²) in [6.07, 6.45) is -0.535. The first kappa shape index (κ1) is 13.5. The fourth-order valence-electron chi connectivity index (χ4n) is 0.638. The van der Waals surface area contributed by atoms with Crippen LogP contribution in [-0.2, 0) is 14.2 Å².